The fourth-order valence-electron chi connectivity index (χ4n) is 18.3. The molecule has 4 amide bonds. The Hall–Kier alpha value is -10.3. The van der Waals surface area contributed by atoms with Crippen molar-refractivity contribution >= 4 is 82.1 Å². The number of nitrogens with zero attached hydrogens (tertiary/aromatic N) is 13. The van der Waals surface area contributed by atoms with E-state index >= 15 is 0 Å². The number of halogens is 2. The summed E-state index contributed by atoms with van der Waals surface area (Å²) >= 11 is 12.7. The first-order valence-electron chi connectivity index (χ1n) is 44.4. The van der Waals surface area contributed by atoms with E-state index in [0.29, 0.717) is 87.0 Å². The number of allylic oxidation sites excluding steroid dienone is 4. The molecule has 7 aromatic rings. The number of aliphatic hydroxyl groups is 1. The highest BCUT2D eigenvalue weighted by atomic mass is 35.5. The van der Waals surface area contributed by atoms with Crippen LogP contribution >= 0.6 is 23.2 Å². The van der Waals surface area contributed by atoms with Crippen LogP contribution in [0, 0.1) is 0 Å². The summed E-state index contributed by atoms with van der Waals surface area (Å²) in [6.07, 6.45) is 34.7. The molecule has 2 aromatic carbocycles. The maximum absolute atomic E-state index is 13.9. The van der Waals surface area contributed by atoms with Gasteiger partial charge in [-0.25, -0.2) is 44.1 Å². The number of likely N-dealkylation sites (tertiary alicyclic amines) is 2. The minimum Gasteiger partial charge on any atom is -0.460 e. The van der Waals surface area contributed by atoms with Gasteiger partial charge in [-0.2, -0.15) is 0 Å². The van der Waals surface area contributed by atoms with Gasteiger partial charge >= 0.3 is 24.1 Å². The van der Waals surface area contributed by atoms with Crippen molar-refractivity contribution in [3.8, 4) is 0 Å². The predicted octanol–water partition coefficient (Wildman–Crippen LogP) is 15.8. The van der Waals surface area contributed by atoms with Gasteiger partial charge in [0.25, 0.3) is 0 Å². The lowest BCUT2D eigenvalue weighted by molar-refractivity contribution is -0.137. The number of ether oxygens (including phenoxy) is 4. The monoisotopic (exact) mass is 1720 g/mol. The quantitative estimate of drug-likeness (QED) is 0.0260. The molecule has 2 spiro atoms. The second-order valence-corrected chi connectivity index (χ2v) is 34.4. The summed E-state index contributed by atoms with van der Waals surface area (Å²) in [5.41, 5.74) is 13.8. The minimum absolute atomic E-state index is 0.00499. The van der Waals surface area contributed by atoms with Crippen LogP contribution in [0.1, 0.15) is 264 Å². The van der Waals surface area contributed by atoms with Crippen molar-refractivity contribution in [3.63, 3.8) is 0 Å². The number of ketones is 2. The molecule has 27 nitrogen and oxygen atoms in total. The summed E-state index contributed by atoms with van der Waals surface area (Å²) in [6.45, 7) is 32.2. The third-order valence-corrected chi connectivity index (χ3v) is 24.7. The number of Topliss-reactive ketones (excluding diaryl/α,β-unsaturated/α-hetero) is 2. The average molecular weight is 1730 g/mol. The standard InChI is InChI=1S/2C26H31ClN4O3.C14H20N2O2.C12H18N2O.C10H14N2O2.C6H8O2/c2*1-4-5-12-30-21-9-7-6-8-20(21)28-23(30)14-31-22-13-18(27)10-11-19(22)26(24(31)32)15-29(16-26)25(33)34-17(2)3;1-3-5-10-16-12-9-7-6-8-11(12)15-13(16)14(17)18-4-2;1-2-3-8-14-11-7-5-4-6-10(11)13-12(14)9-15;1-2-14-10(13)9-11-7-5-3-4-6-8(7)12-9;7-5-3-1-2-4-6(5)8/h2*4,10-11,13,17H,1,5-9,12,14-16H2,2-3H3;3H,1,4-10H2,2H3;2,15H,1,3-9H2;2-6H2,1H3,(H,11,12);1-4H2. The summed E-state index contributed by atoms with van der Waals surface area (Å²) in [6, 6.07) is 11.2. The van der Waals surface area contributed by atoms with Crippen molar-refractivity contribution in [2.75, 3.05) is 49.2 Å². The highest BCUT2D eigenvalue weighted by Gasteiger charge is 2.61. The molecule has 123 heavy (non-hydrogen) atoms. The zero-order chi connectivity index (χ0) is 87.7. The number of H-pyrrole nitrogens is 1. The Bertz CT molecular complexity index is 4810. The van der Waals surface area contributed by atoms with Crippen LogP contribution < -0.4 is 9.80 Å². The molecule has 4 aliphatic heterocycles. The molecule has 0 radical (unpaired) electrons. The number of carbonyl (C=O) groups excluding carboxylic acids is 8. The Morgan fingerprint density at radius 2 is 0.813 bits per heavy atom. The second-order valence-electron chi connectivity index (χ2n) is 33.6. The zero-order valence-electron chi connectivity index (χ0n) is 72.7. The summed E-state index contributed by atoms with van der Waals surface area (Å²) in [7, 11) is 0. The first-order valence-corrected chi connectivity index (χ1v) is 45.2. The van der Waals surface area contributed by atoms with E-state index in [1.807, 2.05) is 110 Å². The Morgan fingerprint density at radius 1 is 0.463 bits per heavy atom. The number of carbonyl (C=O) groups is 8. The van der Waals surface area contributed by atoms with Gasteiger partial charge in [0.05, 0.1) is 78.4 Å². The lowest BCUT2D eigenvalue weighted by Crippen LogP contribution is -2.65. The molecule has 9 heterocycles. The van der Waals surface area contributed by atoms with Crippen LogP contribution in [0.2, 0.25) is 10.0 Å². The van der Waals surface area contributed by atoms with Gasteiger partial charge in [-0.05, 0) is 244 Å². The third-order valence-electron chi connectivity index (χ3n) is 24.3. The smallest absolute Gasteiger partial charge is 0.410 e. The number of hydrogen-bond acceptors (Lipinski definition) is 18. The average Bonchev–Trinajstić information content (AvgIpc) is 1.55. The van der Waals surface area contributed by atoms with Crippen molar-refractivity contribution in [1.82, 2.24) is 58.0 Å². The van der Waals surface area contributed by atoms with Crippen LogP contribution in [0.15, 0.2) is 87.0 Å². The van der Waals surface area contributed by atoms with E-state index < -0.39 is 10.8 Å². The van der Waals surface area contributed by atoms with E-state index in [9.17, 15) is 43.5 Å². The van der Waals surface area contributed by atoms with Crippen molar-refractivity contribution in [1.29, 1.82) is 0 Å². The number of aromatic amines is 1. The van der Waals surface area contributed by atoms with Crippen molar-refractivity contribution < 1.29 is 62.4 Å². The van der Waals surface area contributed by atoms with E-state index in [4.69, 9.17) is 52.1 Å². The number of hydrogen-bond donors (Lipinski definition) is 2. The molecular weight excluding hydrogens is 1600 g/mol. The molecular formula is C94H122Cl2N14O13. The van der Waals surface area contributed by atoms with Gasteiger partial charge in [-0.3, -0.25) is 19.2 Å². The first kappa shape index (κ1) is 91.9. The van der Waals surface area contributed by atoms with Gasteiger partial charge in [0.15, 0.2) is 11.6 Å². The van der Waals surface area contributed by atoms with Crippen LogP contribution in [0.5, 0.6) is 0 Å². The predicted molar refractivity (Wildman–Crippen MR) is 471 cm³/mol. The van der Waals surface area contributed by atoms with Crippen LogP contribution in [-0.2, 0) is 159 Å². The number of rotatable bonds is 23. The van der Waals surface area contributed by atoms with E-state index in [0.717, 1.165) is 217 Å². The molecule has 2 saturated heterocycles. The van der Waals surface area contributed by atoms with Gasteiger partial charge < -0.3 is 66.9 Å². The maximum Gasteiger partial charge on any atom is 0.410 e. The molecule has 660 valence electrons. The number of aromatic nitrogens is 10. The van der Waals surface area contributed by atoms with Gasteiger partial charge in [0.1, 0.15) is 34.9 Å². The number of imidazole rings is 5. The van der Waals surface area contributed by atoms with Crippen LogP contribution in [0.25, 0.3) is 0 Å². The lowest BCUT2D eigenvalue weighted by Gasteiger charge is -2.46. The van der Waals surface area contributed by atoms with Crippen molar-refractivity contribution in [2.45, 2.75) is 290 Å². The summed E-state index contributed by atoms with van der Waals surface area (Å²) in [5, 5.41) is 10.4. The number of aliphatic hydroxyl groups excluding tert-OH is 1. The molecule has 0 unspecified atom stereocenters. The van der Waals surface area contributed by atoms with Crippen LogP contribution in [0.4, 0.5) is 21.0 Å². The number of nitrogens with one attached hydrogen (secondary N) is 1. The number of fused-ring (bicyclic) bond motifs is 9. The molecule has 1 saturated carbocycles. The molecule has 0 bridgehead atoms. The summed E-state index contributed by atoms with van der Waals surface area (Å²) in [4.78, 5) is 130. The molecule has 6 aliphatic carbocycles. The minimum atomic E-state index is -0.756. The second kappa shape index (κ2) is 42.4. The topological polar surface area (TPSA) is 307 Å². The van der Waals surface area contributed by atoms with Gasteiger partial charge in [-0.1, -0.05) is 59.6 Å². The molecule has 2 N–H and O–H groups in total. The number of anilines is 2. The largest absolute Gasteiger partial charge is 0.460 e. The zero-order valence-corrected chi connectivity index (χ0v) is 74.2. The van der Waals surface area contributed by atoms with E-state index in [2.05, 4.69) is 60.0 Å². The lowest BCUT2D eigenvalue weighted by atomic mass is 9.75. The molecule has 0 atom stereocenters. The maximum atomic E-state index is 13.9. The molecule has 3 fully saturated rings. The fourth-order valence-corrected chi connectivity index (χ4v) is 18.6. The Balaban J connectivity index is 0.000000143. The Labute approximate surface area is 732 Å². The Morgan fingerprint density at radius 3 is 1.20 bits per heavy atom. The number of amides is 4. The van der Waals surface area contributed by atoms with E-state index in [1.165, 1.54) is 73.4 Å². The Kier molecular flexibility index (Phi) is 31.7. The van der Waals surface area contributed by atoms with Gasteiger partial charge in [0.2, 0.25) is 23.5 Å². The van der Waals surface area contributed by atoms with Crippen molar-refractivity contribution in [3.05, 3.63) is 194 Å². The summed E-state index contributed by atoms with van der Waals surface area (Å²) < 4.78 is 29.4. The van der Waals surface area contributed by atoms with Gasteiger partial charge in [-0.15, -0.1) is 26.3 Å². The number of esters is 2. The van der Waals surface area contributed by atoms with Crippen LogP contribution in [0.3, 0.4) is 0 Å². The molecule has 5 aromatic heterocycles. The molecule has 10 aliphatic rings. The van der Waals surface area contributed by atoms with Crippen LogP contribution in [-0.4, -0.2) is 162 Å². The highest BCUT2D eigenvalue weighted by Crippen LogP contribution is 2.51. The fraction of sp³-hybridized carbons (Fsp3) is 0.543. The first-order chi connectivity index (χ1) is 59.4. The third kappa shape index (κ3) is 20.9. The van der Waals surface area contributed by atoms with E-state index in [1.54, 1.807) is 16.7 Å². The molecule has 29 heteroatoms. The normalized spacial score (nSPS) is 17.0. The highest BCUT2D eigenvalue weighted by molar-refractivity contribution is 6.37. The number of benzene rings is 2. The molecule has 17 rings (SSSR count). The SMILES string of the molecule is C=CCCn1c(C(=O)OCC)nc2c1CCCC2.C=CCCn1c(CN2C(=O)C3(CN(C(=O)OC(C)C)C3)c3ccc(Cl)cc32)nc2c1CCCC2.C=CCCn1c(CN2C(=O)C3(CN(C(=O)OC(C)C)C3)c3ccc(Cl)cc32)nc2c1CCCC2.C=CCCn1c(CO)nc2c1CCCC2.CCOC(=O)c1nc2c([nH]1)CCCC2.O=C1CCCCC1=O. The summed E-state index contributed by atoms with van der Waals surface area (Å²) in [5.74, 6) is 2.45. The van der Waals surface area contributed by atoms with Gasteiger partial charge in [0, 0.05) is 104 Å². The van der Waals surface area contributed by atoms with E-state index in [-0.39, 0.29) is 66.3 Å². The number of aryl methyl sites for hydroxylation is 6. The van der Waals surface area contributed by atoms with Crippen molar-refractivity contribution in [2.24, 2.45) is 0 Å².